The highest BCUT2D eigenvalue weighted by atomic mass is 19.1. The smallest absolute Gasteiger partial charge is 0.351 e. The van der Waals surface area contributed by atoms with Crippen molar-refractivity contribution in [2.75, 3.05) is 5.73 Å². The van der Waals surface area contributed by atoms with Crippen molar-refractivity contribution in [2.45, 2.75) is 31.5 Å². The van der Waals surface area contributed by atoms with Gasteiger partial charge in [-0.25, -0.2) is 9.18 Å². The zero-order chi connectivity index (χ0) is 11.7. The van der Waals surface area contributed by atoms with Gasteiger partial charge < -0.3 is 15.6 Å². The molecule has 1 aliphatic heterocycles. The minimum absolute atomic E-state index is 0.126. The SMILES string of the molecule is Nc1ccn([C@H]2CC[C@@H]([C@@H](O)F)O2)c(=O)n1. The molecule has 0 amide bonds. The summed E-state index contributed by atoms with van der Waals surface area (Å²) in [4.78, 5) is 15.0. The third kappa shape index (κ3) is 2.05. The topological polar surface area (TPSA) is 90.4 Å². The maximum Gasteiger partial charge on any atom is 0.351 e. The zero-order valence-corrected chi connectivity index (χ0v) is 8.41. The van der Waals surface area contributed by atoms with Gasteiger partial charge in [-0.05, 0) is 18.9 Å². The molecule has 3 atom stereocenters. The standard InChI is InChI=1S/C9H12FN3O3/c10-8(14)5-1-2-7(16-5)13-4-3-6(11)12-9(13)15/h3-5,7-8,14H,1-2H2,(H2,11,12,15)/t5-,7+,8+/m0/s1. The molecule has 6 nitrogen and oxygen atoms in total. The number of hydrogen-bond acceptors (Lipinski definition) is 5. The molecule has 7 heteroatoms. The lowest BCUT2D eigenvalue weighted by molar-refractivity contribution is -0.110. The van der Waals surface area contributed by atoms with Gasteiger partial charge in [0.15, 0.2) is 0 Å². The van der Waals surface area contributed by atoms with Crippen LogP contribution in [-0.2, 0) is 4.74 Å². The molecule has 2 heterocycles. The number of halogens is 1. The molecule has 0 aliphatic carbocycles. The molecule has 2 rings (SSSR count). The molecule has 0 saturated carbocycles. The van der Waals surface area contributed by atoms with Crippen LogP contribution in [0.4, 0.5) is 10.2 Å². The maximum absolute atomic E-state index is 12.6. The Bertz CT molecular complexity index is 434. The zero-order valence-electron chi connectivity index (χ0n) is 8.41. The van der Waals surface area contributed by atoms with E-state index in [2.05, 4.69) is 4.98 Å². The molecule has 1 saturated heterocycles. The molecule has 0 unspecified atom stereocenters. The van der Waals surface area contributed by atoms with Crippen LogP contribution in [0.5, 0.6) is 0 Å². The minimum atomic E-state index is -2.03. The minimum Gasteiger partial charge on any atom is -0.383 e. The van der Waals surface area contributed by atoms with Crippen LogP contribution < -0.4 is 11.4 Å². The van der Waals surface area contributed by atoms with Gasteiger partial charge in [0.05, 0.1) is 0 Å². The Morgan fingerprint density at radius 3 is 3.00 bits per heavy atom. The lowest BCUT2D eigenvalue weighted by atomic mass is 10.2. The van der Waals surface area contributed by atoms with Gasteiger partial charge in [-0.2, -0.15) is 4.98 Å². The third-order valence-electron chi connectivity index (χ3n) is 2.50. The average Bonchev–Trinajstić information content (AvgIpc) is 2.66. The van der Waals surface area contributed by atoms with Gasteiger partial charge in [0, 0.05) is 6.20 Å². The van der Waals surface area contributed by atoms with Crippen LogP contribution in [0.2, 0.25) is 0 Å². The van der Waals surface area contributed by atoms with Crippen LogP contribution in [0.1, 0.15) is 19.1 Å². The second-order valence-corrected chi connectivity index (χ2v) is 3.62. The van der Waals surface area contributed by atoms with E-state index in [0.29, 0.717) is 12.8 Å². The summed E-state index contributed by atoms with van der Waals surface area (Å²) in [6.45, 7) is 0. The fourth-order valence-electron chi connectivity index (χ4n) is 1.70. The van der Waals surface area contributed by atoms with Crippen molar-refractivity contribution in [1.82, 2.24) is 9.55 Å². The molecule has 1 aliphatic rings. The molecule has 1 aromatic heterocycles. The Morgan fingerprint density at radius 2 is 2.44 bits per heavy atom. The van der Waals surface area contributed by atoms with E-state index in [0.717, 1.165) is 0 Å². The molecule has 0 bridgehead atoms. The summed E-state index contributed by atoms with van der Waals surface area (Å²) >= 11 is 0. The van der Waals surface area contributed by atoms with Crippen molar-refractivity contribution in [3.8, 4) is 0 Å². The molecule has 16 heavy (non-hydrogen) atoms. The predicted octanol–water partition coefficient (Wildman–Crippen LogP) is -0.209. The van der Waals surface area contributed by atoms with E-state index in [1.54, 1.807) is 0 Å². The van der Waals surface area contributed by atoms with Crippen LogP contribution >= 0.6 is 0 Å². The summed E-state index contributed by atoms with van der Waals surface area (Å²) in [5.74, 6) is 0.126. The van der Waals surface area contributed by atoms with Gasteiger partial charge in [0.1, 0.15) is 18.1 Å². The Hall–Kier alpha value is -1.47. The van der Waals surface area contributed by atoms with Crippen LogP contribution in [-0.4, -0.2) is 27.1 Å². The number of nitrogens with zero attached hydrogens (tertiary/aromatic N) is 2. The highest BCUT2D eigenvalue weighted by Crippen LogP contribution is 2.29. The quantitative estimate of drug-likeness (QED) is 0.732. The van der Waals surface area contributed by atoms with E-state index < -0.39 is 24.4 Å². The first-order valence-electron chi connectivity index (χ1n) is 4.90. The summed E-state index contributed by atoms with van der Waals surface area (Å²) in [6.07, 6.45) is -1.23. The van der Waals surface area contributed by atoms with Crippen LogP contribution in [0.15, 0.2) is 17.1 Å². The number of rotatable bonds is 2. The number of anilines is 1. The van der Waals surface area contributed by atoms with Gasteiger partial charge in [-0.1, -0.05) is 0 Å². The Balaban J connectivity index is 2.18. The van der Waals surface area contributed by atoms with Crippen molar-refractivity contribution in [1.29, 1.82) is 0 Å². The fraction of sp³-hybridized carbons (Fsp3) is 0.556. The fourth-order valence-corrected chi connectivity index (χ4v) is 1.70. The summed E-state index contributed by atoms with van der Waals surface area (Å²) in [5.41, 5.74) is 4.79. The molecular formula is C9H12FN3O3. The molecule has 0 aromatic carbocycles. The number of alkyl halides is 1. The van der Waals surface area contributed by atoms with Gasteiger partial charge in [-0.3, -0.25) is 4.57 Å². The highest BCUT2D eigenvalue weighted by molar-refractivity contribution is 5.23. The first-order chi connectivity index (χ1) is 7.58. The first kappa shape index (κ1) is 11.0. The van der Waals surface area contributed by atoms with E-state index in [1.807, 2.05) is 0 Å². The predicted molar refractivity (Wildman–Crippen MR) is 53.2 cm³/mol. The second-order valence-electron chi connectivity index (χ2n) is 3.62. The van der Waals surface area contributed by atoms with Gasteiger partial charge in [-0.15, -0.1) is 0 Å². The van der Waals surface area contributed by atoms with Crippen molar-refractivity contribution in [3.63, 3.8) is 0 Å². The number of nitrogen functional groups attached to an aromatic ring is 1. The number of aliphatic hydroxyl groups excluding tert-OH is 1. The van der Waals surface area contributed by atoms with E-state index in [4.69, 9.17) is 15.6 Å². The van der Waals surface area contributed by atoms with Gasteiger partial charge in [0.25, 0.3) is 0 Å². The number of ether oxygens (including phenoxy) is 1. The van der Waals surface area contributed by atoms with Crippen molar-refractivity contribution in [2.24, 2.45) is 0 Å². The van der Waals surface area contributed by atoms with E-state index in [9.17, 15) is 9.18 Å². The van der Waals surface area contributed by atoms with Crippen LogP contribution in [0.3, 0.4) is 0 Å². The summed E-state index contributed by atoms with van der Waals surface area (Å²) < 4.78 is 19.0. The van der Waals surface area contributed by atoms with E-state index >= 15 is 0 Å². The molecule has 88 valence electrons. The summed E-state index contributed by atoms with van der Waals surface area (Å²) in [5, 5.41) is 8.72. The van der Waals surface area contributed by atoms with Crippen molar-refractivity contribution < 1.29 is 14.2 Å². The number of nitrogens with two attached hydrogens (primary N) is 1. The van der Waals surface area contributed by atoms with Crippen molar-refractivity contribution >= 4 is 5.82 Å². The molecule has 1 aromatic rings. The number of hydrogen-bond donors (Lipinski definition) is 2. The molecule has 1 fully saturated rings. The average molecular weight is 229 g/mol. The maximum atomic E-state index is 12.6. The normalized spacial score (nSPS) is 26.9. The number of aliphatic hydroxyl groups is 1. The second kappa shape index (κ2) is 4.18. The molecular weight excluding hydrogens is 217 g/mol. The lowest BCUT2D eigenvalue weighted by Crippen LogP contribution is -2.28. The Morgan fingerprint density at radius 1 is 1.69 bits per heavy atom. The first-order valence-corrected chi connectivity index (χ1v) is 4.90. The Labute approximate surface area is 90.5 Å². The van der Waals surface area contributed by atoms with Gasteiger partial charge in [0.2, 0.25) is 6.36 Å². The molecule has 0 spiro atoms. The Kier molecular flexibility index (Phi) is 2.88. The van der Waals surface area contributed by atoms with Gasteiger partial charge >= 0.3 is 5.69 Å². The molecule has 3 N–H and O–H groups in total. The third-order valence-corrected chi connectivity index (χ3v) is 2.50. The summed E-state index contributed by atoms with van der Waals surface area (Å²) in [6, 6.07) is 1.46. The largest absolute Gasteiger partial charge is 0.383 e. The molecule has 0 radical (unpaired) electrons. The van der Waals surface area contributed by atoms with E-state index in [1.165, 1.54) is 16.8 Å². The van der Waals surface area contributed by atoms with Crippen LogP contribution in [0.25, 0.3) is 0 Å². The lowest BCUT2D eigenvalue weighted by Gasteiger charge is -2.15. The van der Waals surface area contributed by atoms with Crippen molar-refractivity contribution in [3.05, 3.63) is 22.7 Å². The van der Waals surface area contributed by atoms with E-state index in [-0.39, 0.29) is 5.82 Å². The number of aromatic nitrogens is 2. The summed E-state index contributed by atoms with van der Waals surface area (Å²) in [7, 11) is 0. The monoisotopic (exact) mass is 229 g/mol. The highest BCUT2D eigenvalue weighted by Gasteiger charge is 2.32. The van der Waals surface area contributed by atoms with Crippen LogP contribution in [0, 0.1) is 0 Å².